The van der Waals surface area contributed by atoms with Crippen LogP contribution in [0.1, 0.15) is 12.5 Å². The maximum atomic E-state index is 12.8. The lowest BCUT2D eigenvalue weighted by Crippen LogP contribution is -2.47. The van der Waals surface area contributed by atoms with Crippen LogP contribution >= 0.6 is 0 Å². The van der Waals surface area contributed by atoms with E-state index in [1.165, 1.54) is 0 Å². The van der Waals surface area contributed by atoms with E-state index in [-0.39, 0.29) is 12.1 Å². The Kier molecular flexibility index (Phi) is 5.41. The standard InChI is InChI=1S/C20H29N5O3/c1-14-3-4-16(11-17(14)25-6-5-21-19(25)26)22-20(27)24-12-15(2)18(13-24)23-7-9-28-10-8-23/h3-4,11,15,18H,5-10,12-13H2,1-2H3,(H,21,26)(H,22,27). The van der Waals surface area contributed by atoms with Gasteiger partial charge in [0.1, 0.15) is 0 Å². The summed E-state index contributed by atoms with van der Waals surface area (Å²) in [4.78, 5) is 30.9. The molecule has 1 aromatic carbocycles. The molecule has 4 amide bonds. The number of aryl methyl sites for hydroxylation is 1. The van der Waals surface area contributed by atoms with Gasteiger partial charge in [0.15, 0.2) is 0 Å². The Morgan fingerprint density at radius 2 is 2.00 bits per heavy atom. The van der Waals surface area contributed by atoms with Crippen LogP contribution in [0.2, 0.25) is 0 Å². The third-order valence-electron chi connectivity index (χ3n) is 5.98. The van der Waals surface area contributed by atoms with Crippen molar-refractivity contribution in [2.75, 3.05) is 62.7 Å². The monoisotopic (exact) mass is 387 g/mol. The number of urea groups is 2. The molecule has 0 aromatic heterocycles. The molecule has 3 saturated heterocycles. The number of nitrogens with zero attached hydrogens (tertiary/aromatic N) is 3. The number of ether oxygens (including phenoxy) is 1. The van der Waals surface area contributed by atoms with Gasteiger partial charge in [0, 0.05) is 51.0 Å². The molecule has 0 aliphatic carbocycles. The summed E-state index contributed by atoms with van der Waals surface area (Å²) in [5, 5.41) is 5.84. The average Bonchev–Trinajstić information content (AvgIpc) is 3.30. The number of morpholine rings is 1. The zero-order valence-electron chi connectivity index (χ0n) is 16.6. The minimum Gasteiger partial charge on any atom is -0.379 e. The molecule has 2 N–H and O–H groups in total. The molecule has 0 bridgehead atoms. The summed E-state index contributed by atoms with van der Waals surface area (Å²) in [6.45, 7) is 10.4. The largest absolute Gasteiger partial charge is 0.379 e. The van der Waals surface area contributed by atoms with Crippen LogP contribution in [0.25, 0.3) is 0 Å². The fourth-order valence-corrected chi connectivity index (χ4v) is 4.38. The molecule has 8 heteroatoms. The first-order chi connectivity index (χ1) is 13.5. The molecule has 1 aromatic rings. The predicted octanol–water partition coefficient (Wildman–Crippen LogP) is 1.71. The molecule has 2 atom stereocenters. The quantitative estimate of drug-likeness (QED) is 0.828. The van der Waals surface area contributed by atoms with Gasteiger partial charge in [-0.3, -0.25) is 9.80 Å². The lowest BCUT2D eigenvalue weighted by atomic mass is 10.0. The van der Waals surface area contributed by atoms with Crippen molar-refractivity contribution in [3.05, 3.63) is 23.8 Å². The molecular weight excluding hydrogens is 358 g/mol. The first-order valence-electron chi connectivity index (χ1n) is 10.1. The second kappa shape index (κ2) is 7.97. The Bertz CT molecular complexity index is 749. The lowest BCUT2D eigenvalue weighted by Gasteiger charge is -2.33. The van der Waals surface area contributed by atoms with Gasteiger partial charge in [0.05, 0.1) is 18.9 Å². The first kappa shape index (κ1) is 19.0. The summed E-state index contributed by atoms with van der Waals surface area (Å²) < 4.78 is 5.45. The maximum absolute atomic E-state index is 12.8. The fourth-order valence-electron chi connectivity index (χ4n) is 4.38. The number of amides is 4. The van der Waals surface area contributed by atoms with Crippen LogP contribution in [0.4, 0.5) is 21.0 Å². The number of hydrogen-bond acceptors (Lipinski definition) is 4. The smallest absolute Gasteiger partial charge is 0.322 e. The second-order valence-electron chi connectivity index (χ2n) is 7.91. The van der Waals surface area contributed by atoms with Gasteiger partial charge in [-0.15, -0.1) is 0 Å². The molecule has 0 spiro atoms. The third kappa shape index (κ3) is 3.79. The summed E-state index contributed by atoms with van der Waals surface area (Å²) in [5.41, 5.74) is 2.57. The van der Waals surface area contributed by atoms with Crippen LogP contribution in [-0.2, 0) is 4.74 Å². The van der Waals surface area contributed by atoms with Gasteiger partial charge in [-0.25, -0.2) is 9.59 Å². The molecule has 4 rings (SSSR count). The number of carbonyl (C=O) groups is 2. The van der Waals surface area contributed by atoms with Crippen LogP contribution in [-0.4, -0.2) is 80.4 Å². The highest BCUT2D eigenvalue weighted by Gasteiger charge is 2.36. The molecule has 3 fully saturated rings. The van der Waals surface area contributed by atoms with Crippen LogP contribution in [0.5, 0.6) is 0 Å². The van der Waals surface area contributed by atoms with E-state index in [0.717, 1.165) is 50.6 Å². The summed E-state index contributed by atoms with van der Waals surface area (Å²) in [7, 11) is 0. The van der Waals surface area contributed by atoms with E-state index >= 15 is 0 Å². The van der Waals surface area contributed by atoms with E-state index in [9.17, 15) is 9.59 Å². The highest BCUT2D eigenvalue weighted by atomic mass is 16.5. The molecule has 3 heterocycles. The molecule has 3 aliphatic heterocycles. The van der Waals surface area contributed by atoms with Crippen molar-refractivity contribution in [1.29, 1.82) is 0 Å². The minimum atomic E-state index is -0.0895. The van der Waals surface area contributed by atoms with Gasteiger partial charge >= 0.3 is 12.1 Å². The SMILES string of the molecule is Cc1ccc(NC(=O)N2CC(C)C(N3CCOCC3)C2)cc1N1CCNC1=O. The van der Waals surface area contributed by atoms with Crippen LogP contribution in [0.3, 0.4) is 0 Å². The predicted molar refractivity (Wildman–Crippen MR) is 108 cm³/mol. The minimum absolute atomic E-state index is 0.0803. The Balaban J connectivity index is 1.42. The molecule has 28 heavy (non-hydrogen) atoms. The average molecular weight is 387 g/mol. The summed E-state index contributed by atoms with van der Waals surface area (Å²) in [6.07, 6.45) is 0. The Morgan fingerprint density at radius 1 is 1.21 bits per heavy atom. The Morgan fingerprint density at radius 3 is 2.71 bits per heavy atom. The normalized spacial score (nSPS) is 25.9. The number of rotatable bonds is 3. The van der Waals surface area contributed by atoms with E-state index in [1.54, 1.807) is 4.90 Å². The van der Waals surface area contributed by atoms with E-state index in [0.29, 0.717) is 30.7 Å². The Labute approximate surface area is 165 Å². The number of hydrogen-bond donors (Lipinski definition) is 2. The topological polar surface area (TPSA) is 77.2 Å². The zero-order chi connectivity index (χ0) is 19.7. The molecular formula is C20H29N5O3. The van der Waals surface area contributed by atoms with Crippen LogP contribution in [0.15, 0.2) is 18.2 Å². The number of benzene rings is 1. The lowest BCUT2D eigenvalue weighted by molar-refractivity contribution is 0.0123. The van der Waals surface area contributed by atoms with Crippen molar-refractivity contribution in [1.82, 2.24) is 15.1 Å². The highest BCUT2D eigenvalue weighted by molar-refractivity contribution is 5.96. The number of anilines is 2. The van der Waals surface area contributed by atoms with Gasteiger partial charge in [-0.1, -0.05) is 13.0 Å². The van der Waals surface area contributed by atoms with Gasteiger partial charge in [0.2, 0.25) is 0 Å². The van der Waals surface area contributed by atoms with Gasteiger partial charge in [-0.05, 0) is 30.5 Å². The number of carbonyl (C=O) groups excluding carboxylic acids is 2. The second-order valence-corrected chi connectivity index (χ2v) is 7.91. The van der Waals surface area contributed by atoms with Crippen molar-refractivity contribution in [2.24, 2.45) is 5.92 Å². The molecule has 2 unspecified atom stereocenters. The van der Waals surface area contributed by atoms with Crippen LogP contribution < -0.4 is 15.5 Å². The van der Waals surface area contributed by atoms with E-state index in [1.807, 2.05) is 30.0 Å². The van der Waals surface area contributed by atoms with Gasteiger partial charge in [0.25, 0.3) is 0 Å². The third-order valence-corrected chi connectivity index (χ3v) is 5.98. The van der Waals surface area contributed by atoms with E-state index in [4.69, 9.17) is 4.74 Å². The maximum Gasteiger partial charge on any atom is 0.322 e. The molecule has 0 radical (unpaired) electrons. The highest BCUT2D eigenvalue weighted by Crippen LogP contribution is 2.27. The number of likely N-dealkylation sites (tertiary alicyclic amines) is 1. The van der Waals surface area contributed by atoms with Crippen molar-refractivity contribution in [3.8, 4) is 0 Å². The molecule has 0 saturated carbocycles. The van der Waals surface area contributed by atoms with Gasteiger partial charge in [-0.2, -0.15) is 0 Å². The molecule has 3 aliphatic rings. The first-order valence-corrected chi connectivity index (χ1v) is 10.1. The summed E-state index contributed by atoms with van der Waals surface area (Å²) >= 11 is 0. The van der Waals surface area contributed by atoms with Gasteiger partial charge < -0.3 is 20.3 Å². The van der Waals surface area contributed by atoms with E-state index < -0.39 is 0 Å². The van der Waals surface area contributed by atoms with Crippen LogP contribution in [0, 0.1) is 12.8 Å². The molecule has 152 valence electrons. The van der Waals surface area contributed by atoms with Crippen molar-refractivity contribution >= 4 is 23.4 Å². The molecule has 8 nitrogen and oxygen atoms in total. The van der Waals surface area contributed by atoms with Crippen molar-refractivity contribution < 1.29 is 14.3 Å². The Hall–Kier alpha value is -2.32. The number of nitrogens with one attached hydrogen (secondary N) is 2. The van der Waals surface area contributed by atoms with Crippen molar-refractivity contribution in [3.63, 3.8) is 0 Å². The zero-order valence-corrected chi connectivity index (χ0v) is 16.6. The summed E-state index contributed by atoms with van der Waals surface area (Å²) in [5.74, 6) is 0.436. The fraction of sp³-hybridized carbons (Fsp3) is 0.600. The van der Waals surface area contributed by atoms with E-state index in [2.05, 4.69) is 22.5 Å². The summed E-state index contributed by atoms with van der Waals surface area (Å²) in [6, 6.07) is 5.94. The van der Waals surface area contributed by atoms with Crippen molar-refractivity contribution in [2.45, 2.75) is 19.9 Å².